The summed E-state index contributed by atoms with van der Waals surface area (Å²) < 4.78 is 1.67. The van der Waals surface area contributed by atoms with Crippen LogP contribution < -0.4 is 0 Å². The SMILES string of the molecule is Clc1cccc(-n2nncc2-c2ccccc2)n1. The lowest BCUT2D eigenvalue weighted by molar-refractivity contribution is 0.786. The van der Waals surface area contributed by atoms with Gasteiger partial charge in [0, 0.05) is 5.56 Å². The van der Waals surface area contributed by atoms with Crippen molar-refractivity contribution in [1.82, 2.24) is 20.0 Å². The maximum Gasteiger partial charge on any atom is 0.157 e. The molecule has 0 bridgehead atoms. The smallest absolute Gasteiger partial charge is 0.157 e. The molecule has 0 fully saturated rings. The van der Waals surface area contributed by atoms with Crippen molar-refractivity contribution in [2.24, 2.45) is 0 Å². The molecule has 0 unspecified atom stereocenters. The fraction of sp³-hybridized carbons (Fsp3) is 0. The fourth-order valence-electron chi connectivity index (χ4n) is 1.73. The van der Waals surface area contributed by atoms with Crippen molar-refractivity contribution in [3.63, 3.8) is 0 Å². The Morgan fingerprint density at radius 3 is 2.56 bits per heavy atom. The molecule has 0 radical (unpaired) electrons. The molecule has 0 aliphatic rings. The highest BCUT2D eigenvalue weighted by Crippen LogP contribution is 2.20. The fourth-order valence-corrected chi connectivity index (χ4v) is 1.88. The second-order valence-corrected chi connectivity index (χ2v) is 4.10. The normalized spacial score (nSPS) is 10.5. The van der Waals surface area contributed by atoms with Crippen LogP contribution in [0.2, 0.25) is 5.15 Å². The number of rotatable bonds is 2. The number of halogens is 1. The molecule has 18 heavy (non-hydrogen) atoms. The molecular formula is C13H9ClN4. The highest BCUT2D eigenvalue weighted by atomic mass is 35.5. The van der Waals surface area contributed by atoms with Crippen LogP contribution in [0.5, 0.6) is 0 Å². The quantitative estimate of drug-likeness (QED) is 0.662. The van der Waals surface area contributed by atoms with Crippen molar-refractivity contribution in [2.75, 3.05) is 0 Å². The molecular weight excluding hydrogens is 248 g/mol. The summed E-state index contributed by atoms with van der Waals surface area (Å²) in [5.41, 5.74) is 1.91. The third-order valence-electron chi connectivity index (χ3n) is 2.54. The maximum absolute atomic E-state index is 5.89. The van der Waals surface area contributed by atoms with E-state index < -0.39 is 0 Å². The van der Waals surface area contributed by atoms with Gasteiger partial charge in [-0.15, -0.1) is 5.10 Å². The van der Waals surface area contributed by atoms with Gasteiger partial charge in [0.1, 0.15) is 5.15 Å². The van der Waals surface area contributed by atoms with Crippen molar-refractivity contribution in [3.05, 3.63) is 59.9 Å². The van der Waals surface area contributed by atoms with E-state index in [4.69, 9.17) is 11.6 Å². The zero-order valence-corrected chi connectivity index (χ0v) is 10.1. The molecule has 0 aliphatic carbocycles. The minimum atomic E-state index is 0.432. The Hall–Kier alpha value is -2.20. The Labute approximate surface area is 109 Å². The van der Waals surface area contributed by atoms with Crippen LogP contribution >= 0.6 is 11.6 Å². The van der Waals surface area contributed by atoms with Gasteiger partial charge in [0.05, 0.1) is 11.9 Å². The first-order chi connectivity index (χ1) is 8.84. The van der Waals surface area contributed by atoms with Crippen molar-refractivity contribution >= 4 is 11.6 Å². The molecule has 2 heterocycles. The molecule has 2 aromatic heterocycles. The molecule has 4 nitrogen and oxygen atoms in total. The number of hydrogen-bond acceptors (Lipinski definition) is 3. The van der Waals surface area contributed by atoms with E-state index in [1.807, 2.05) is 42.5 Å². The molecule has 3 aromatic rings. The third kappa shape index (κ3) is 1.98. The summed E-state index contributed by atoms with van der Waals surface area (Å²) in [6.45, 7) is 0. The first-order valence-corrected chi connectivity index (χ1v) is 5.81. The number of hydrogen-bond donors (Lipinski definition) is 0. The minimum absolute atomic E-state index is 0.432. The predicted octanol–water partition coefficient (Wildman–Crippen LogP) is 2.98. The van der Waals surface area contributed by atoms with Gasteiger partial charge in [0.2, 0.25) is 0 Å². The average Bonchev–Trinajstić information content (AvgIpc) is 2.89. The summed E-state index contributed by atoms with van der Waals surface area (Å²) in [6, 6.07) is 15.3. The zero-order chi connectivity index (χ0) is 12.4. The lowest BCUT2D eigenvalue weighted by Crippen LogP contribution is -2.01. The van der Waals surface area contributed by atoms with Crippen LogP contribution in [0.3, 0.4) is 0 Å². The Morgan fingerprint density at radius 2 is 1.78 bits per heavy atom. The summed E-state index contributed by atoms with van der Waals surface area (Å²) >= 11 is 5.89. The van der Waals surface area contributed by atoms with E-state index in [1.165, 1.54) is 0 Å². The van der Waals surface area contributed by atoms with E-state index in [9.17, 15) is 0 Å². The van der Waals surface area contributed by atoms with Gasteiger partial charge in [-0.3, -0.25) is 0 Å². The van der Waals surface area contributed by atoms with Gasteiger partial charge in [-0.05, 0) is 12.1 Å². The van der Waals surface area contributed by atoms with E-state index in [1.54, 1.807) is 16.9 Å². The number of aromatic nitrogens is 4. The van der Waals surface area contributed by atoms with Gasteiger partial charge in [-0.25, -0.2) is 4.98 Å². The summed E-state index contributed by atoms with van der Waals surface area (Å²) in [7, 11) is 0. The van der Waals surface area contributed by atoms with Gasteiger partial charge in [-0.1, -0.05) is 53.2 Å². The van der Waals surface area contributed by atoms with Crippen LogP contribution in [0.15, 0.2) is 54.7 Å². The second-order valence-electron chi connectivity index (χ2n) is 3.72. The topological polar surface area (TPSA) is 43.6 Å². The van der Waals surface area contributed by atoms with Crippen LogP contribution in [0.1, 0.15) is 0 Å². The van der Waals surface area contributed by atoms with Crippen molar-refractivity contribution in [3.8, 4) is 17.1 Å². The van der Waals surface area contributed by atoms with E-state index in [0.29, 0.717) is 11.0 Å². The Bertz CT molecular complexity index is 664. The standard InChI is InChI=1S/C13H9ClN4/c14-12-7-4-8-13(16-12)18-11(9-15-17-18)10-5-2-1-3-6-10/h1-9H. The van der Waals surface area contributed by atoms with E-state index in [2.05, 4.69) is 15.3 Å². The lowest BCUT2D eigenvalue weighted by Gasteiger charge is -2.05. The van der Waals surface area contributed by atoms with Gasteiger partial charge < -0.3 is 0 Å². The Kier molecular flexibility index (Phi) is 2.78. The molecule has 0 N–H and O–H groups in total. The minimum Gasteiger partial charge on any atom is -0.217 e. The number of pyridine rings is 1. The maximum atomic E-state index is 5.89. The molecule has 88 valence electrons. The highest BCUT2D eigenvalue weighted by molar-refractivity contribution is 6.29. The Balaban J connectivity index is 2.13. The van der Waals surface area contributed by atoms with Crippen molar-refractivity contribution < 1.29 is 0 Å². The molecule has 5 heteroatoms. The van der Waals surface area contributed by atoms with Gasteiger partial charge in [-0.2, -0.15) is 4.68 Å². The molecule has 0 atom stereocenters. The summed E-state index contributed by atoms with van der Waals surface area (Å²) in [6.07, 6.45) is 1.71. The molecule has 0 amide bonds. The Morgan fingerprint density at radius 1 is 0.944 bits per heavy atom. The summed E-state index contributed by atoms with van der Waals surface area (Å²) in [5, 5.41) is 8.42. The van der Waals surface area contributed by atoms with Crippen LogP contribution in [0.25, 0.3) is 17.1 Å². The summed E-state index contributed by atoms with van der Waals surface area (Å²) in [4.78, 5) is 4.23. The van der Waals surface area contributed by atoms with Gasteiger partial charge in [0.15, 0.2) is 5.82 Å². The first-order valence-electron chi connectivity index (χ1n) is 5.43. The average molecular weight is 257 g/mol. The highest BCUT2D eigenvalue weighted by Gasteiger charge is 2.09. The second kappa shape index (κ2) is 4.58. The van der Waals surface area contributed by atoms with Gasteiger partial charge in [0.25, 0.3) is 0 Å². The van der Waals surface area contributed by atoms with E-state index in [-0.39, 0.29) is 0 Å². The first kappa shape index (κ1) is 10.9. The third-order valence-corrected chi connectivity index (χ3v) is 2.75. The van der Waals surface area contributed by atoms with Crippen LogP contribution in [-0.2, 0) is 0 Å². The molecule has 0 spiro atoms. The lowest BCUT2D eigenvalue weighted by atomic mass is 10.2. The monoisotopic (exact) mass is 256 g/mol. The van der Waals surface area contributed by atoms with E-state index >= 15 is 0 Å². The van der Waals surface area contributed by atoms with Crippen LogP contribution in [-0.4, -0.2) is 20.0 Å². The zero-order valence-electron chi connectivity index (χ0n) is 9.36. The largest absolute Gasteiger partial charge is 0.217 e. The summed E-state index contributed by atoms with van der Waals surface area (Å²) in [5.74, 6) is 0.652. The molecule has 0 saturated heterocycles. The molecule has 0 aliphatic heterocycles. The van der Waals surface area contributed by atoms with Gasteiger partial charge >= 0.3 is 0 Å². The van der Waals surface area contributed by atoms with Crippen LogP contribution in [0, 0.1) is 0 Å². The number of benzene rings is 1. The number of nitrogens with zero attached hydrogens (tertiary/aromatic N) is 4. The molecule has 3 rings (SSSR count). The predicted molar refractivity (Wildman–Crippen MR) is 69.6 cm³/mol. The van der Waals surface area contributed by atoms with Crippen LogP contribution in [0.4, 0.5) is 0 Å². The van der Waals surface area contributed by atoms with E-state index in [0.717, 1.165) is 11.3 Å². The molecule has 0 saturated carbocycles. The molecule has 1 aromatic carbocycles. The van der Waals surface area contributed by atoms with Crippen molar-refractivity contribution in [2.45, 2.75) is 0 Å². The van der Waals surface area contributed by atoms with Crippen molar-refractivity contribution in [1.29, 1.82) is 0 Å².